The smallest absolute Gasteiger partial charge is 0.249 e. The van der Waals surface area contributed by atoms with E-state index in [1.54, 1.807) is 4.90 Å². The summed E-state index contributed by atoms with van der Waals surface area (Å²) in [5.41, 5.74) is 0. The molecule has 114 valence electrons. The van der Waals surface area contributed by atoms with Crippen molar-refractivity contribution in [1.82, 2.24) is 9.80 Å². The predicted octanol–water partition coefficient (Wildman–Crippen LogP) is 1.90. The Morgan fingerprint density at radius 2 is 2.00 bits per heavy atom. The molecule has 0 aliphatic rings. The van der Waals surface area contributed by atoms with Crippen LogP contribution in [0, 0.1) is 6.92 Å². The highest BCUT2D eigenvalue weighted by Gasteiger charge is 2.16. The van der Waals surface area contributed by atoms with Crippen LogP contribution in [0.5, 0.6) is 0 Å². The van der Waals surface area contributed by atoms with Gasteiger partial charge in [-0.2, -0.15) is 0 Å². The fraction of sp³-hybridized carbons (Fsp3) is 0.667. The Balaban J connectivity index is 2.61. The van der Waals surface area contributed by atoms with Crippen LogP contribution in [0.4, 0.5) is 0 Å². The number of aryl methyl sites for hydroxylation is 1. The van der Waals surface area contributed by atoms with E-state index in [1.807, 2.05) is 47.0 Å². The van der Waals surface area contributed by atoms with E-state index < -0.39 is 0 Å². The van der Waals surface area contributed by atoms with Crippen molar-refractivity contribution in [1.29, 1.82) is 0 Å². The first-order valence-corrected chi connectivity index (χ1v) is 6.98. The predicted molar refractivity (Wildman–Crippen MR) is 78.5 cm³/mol. The summed E-state index contributed by atoms with van der Waals surface area (Å²) in [6.07, 6.45) is 0.0560. The van der Waals surface area contributed by atoms with Gasteiger partial charge in [-0.05, 0) is 47.0 Å². The number of rotatable bonds is 8. The molecule has 0 aromatic carbocycles. The molecular formula is C15H26N2O3. The molecule has 0 fully saturated rings. The van der Waals surface area contributed by atoms with E-state index in [0.717, 1.165) is 18.1 Å². The van der Waals surface area contributed by atoms with Crippen molar-refractivity contribution in [2.45, 2.75) is 33.4 Å². The average Bonchev–Trinajstić information content (AvgIpc) is 2.76. The Kier molecular flexibility index (Phi) is 6.75. The molecule has 20 heavy (non-hydrogen) atoms. The molecule has 0 aliphatic heterocycles. The number of carbonyl (C=O) groups is 1. The Morgan fingerprint density at radius 3 is 2.50 bits per heavy atom. The minimum absolute atomic E-state index is 0.00500. The van der Waals surface area contributed by atoms with Crippen LogP contribution in [0.1, 0.15) is 25.4 Å². The third kappa shape index (κ3) is 6.21. The molecule has 0 saturated heterocycles. The van der Waals surface area contributed by atoms with Crippen molar-refractivity contribution in [2.75, 3.05) is 33.8 Å². The molecule has 1 heterocycles. The molecule has 0 aliphatic carbocycles. The SMILES string of the molecule is Cc1ccc(CN(CCN(C)C)C(=O)COC(C)C)o1. The molecule has 5 nitrogen and oxygen atoms in total. The molecular weight excluding hydrogens is 256 g/mol. The number of hydrogen-bond acceptors (Lipinski definition) is 4. The number of amides is 1. The Morgan fingerprint density at radius 1 is 1.30 bits per heavy atom. The summed E-state index contributed by atoms with van der Waals surface area (Å²) in [7, 11) is 3.98. The molecule has 1 amide bonds. The van der Waals surface area contributed by atoms with Crippen LogP contribution in [-0.2, 0) is 16.1 Å². The summed E-state index contributed by atoms with van der Waals surface area (Å²) >= 11 is 0. The molecule has 1 rings (SSSR count). The number of hydrogen-bond donors (Lipinski definition) is 0. The highest BCUT2D eigenvalue weighted by molar-refractivity contribution is 5.77. The lowest BCUT2D eigenvalue weighted by atomic mass is 10.3. The number of ether oxygens (including phenoxy) is 1. The lowest BCUT2D eigenvalue weighted by Crippen LogP contribution is -2.38. The van der Waals surface area contributed by atoms with Crippen LogP contribution in [0.2, 0.25) is 0 Å². The fourth-order valence-electron chi connectivity index (χ4n) is 1.70. The van der Waals surface area contributed by atoms with E-state index in [4.69, 9.17) is 9.15 Å². The van der Waals surface area contributed by atoms with Gasteiger partial charge in [-0.3, -0.25) is 4.79 Å². The first kappa shape index (κ1) is 16.7. The van der Waals surface area contributed by atoms with Crippen molar-refractivity contribution in [2.24, 2.45) is 0 Å². The van der Waals surface area contributed by atoms with Crippen molar-refractivity contribution in [3.05, 3.63) is 23.7 Å². The second kappa shape index (κ2) is 8.07. The van der Waals surface area contributed by atoms with Gasteiger partial charge in [0.2, 0.25) is 5.91 Å². The molecule has 0 saturated carbocycles. The van der Waals surface area contributed by atoms with Gasteiger partial charge >= 0.3 is 0 Å². The number of furan rings is 1. The zero-order chi connectivity index (χ0) is 15.1. The number of likely N-dealkylation sites (N-methyl/N-ethyl adjacent to an activating group) is 1. The second-order valence-electron chi connectivity index (χ2n) is 5.49. The quantitative estimate of drug-likeness (QED) is 0.730. The average molecular weight is 282 g/mol. The van der Waals surface area contributed by atoms with Gasteiger partial charge in [-0.15, -0.1) is 0 Å². The normalized spacial score (nSPS) is 11.3. The Hall–Kier alpha value is -1.33. The van der Waals surface area contributed by atoms with E-state index in [1.165, 1.54) is 0 Å². The molecule has 0 N–H and O–H groups in total. The zero-order valence-corrected chi connectivity index (χ0v) is 13.2. The van der Waals surface area contributed by atoms with Crippen LogP contribution in [0.15, 0.2) is 16.5 Å². The van der Waals surface area contributed by atoms with E-state index in [9.17, 15) is 4.79 Å². The zero-order valence-electron chi connectivity index (χ0n) is 13.2. The minimum Gasteiger partial charge on any atom is -0.464 e. The highest BCUT2D eigenvalue weighted by Crippen LogP contribution is 2.10. The molecule has 1 aromatic heterocycles. The van der Waals surface area contributed by atoms with Gasteiger partial charge < -0.3 is 19.0 Å². The summed E-state index contributed by atoms with van der Waals surface area (Å²) in [6.45, 7) is 7.82. The number of nitrogens with zero attached hydrogens (tertiary/aromatic N) is 2. The lowest BCUT2D eigenvalue weighted by molar-refractivity contribution is -0.138. The second-order valence-corrected chi connectivity index (χ2v) is 5.49. The minimum atomic E-state index is -0.00500. The summed E-state index contributed by atoms with van der Waals surface area (Å²) in [6, 6.07) is 3.82. The molecule has 0 bridgehead atoms. The van der Waals surface area contributed by atoms with E-state index in [0.29, 0.717) is 13.1 Å². The summed E-state index contributed by atoms with van der Waals surface area (Å²) < 4.78 is 10.9. The molecule has 1 aromatic rings. The van der Waals surface area contributed by atoms with E-state index >= 15 is 0 Å². The van der Waals surface area contributed by atoms with E-state index in [-0.39, 0.29) is 18.6 Å². The summed E-state index contributed by atoms with van der Waals surface area (Å²) in [4.78, 5) is 16.0. The van der Waals surface area contributed by atoms with Gasteiger partial charge in [-0.1, -0.05) is 0 Å². The summed E-state index contributed by atoms with van der Waals surface area (Å²) in [5, 5.41) is 0. The van der Waals surface area contributed by atoms with Gasteiger partial charge in [0.15, 0.2) is 0 Å². The van der Waals surface area contributed by atoms with Gasteiger partial charge in [0.25, 0.3) is 0 Å². The third-order valence-electron chi connectivity index (χ3n) is 2.85. The van der Waals surface area contributed by atoms with Crippen LogP contribution in [0.25, 0.3) is 0 Å². The number of carbonyl (C=O) groups excluding carboxylic acids is 1. The van der Waals surface area contributed by atoms with Crippen LogP contribution >= 0.6 is 0 Å². The maximum absolute atomic E-state index is 12.2. The van der Waals surface area contributed by atoms with Gasteiger partial charge in [-0.25, -0.2) is 0 Å². The van der Waals surface area contributed by atoms with Crippen molar-refractivity contribution in [3.63, 3.8) is 0 Å². The summed E-state index contributed by atoms with van der Waals surface area (Å²) in [5.74, 6) is 1.66. The monoisotopic (exact) mass is 282 g/mol. The molecule has 0 atom stereocenters. The molecule has 5 heteroatoms. The first-order valence-electron chi connectivity index (χ1n) is 6.98. The Labute approximate surface area is 121 Å². The highest BCUT2D eigenvalue weighted by atomic mass is 16.5. The van der Waals surface area contributed by atoms with Crippen LogP contribution < -0.4 is 0 Å². The Bertz CT molecular complexity index is 413. The molecule has 0 spiro atoms. The van der Waals surface area contributed by atoms with Gasteiger partial charge in [0, 0.05) is 13.1 Å². The van der Waals surface area contributed by atoms with E-state index in [2.05, 4.69) is 4.90 Å². The van der Waals surface area contributed by atoms with Crippen molar-refractivity contribution >= 4 is 5.91 Å². The largest absolute Gasteiger partial charge is 0.464 e. The van der Waals surface area contributed by atoms with Crippen molar-refractivity contribution < 1.29 is 13.9 Å². The van der Waals surface area contributed by atoms with Crippen LogP contribution in [-0.4, -0.2) is 55.6 Å². The maximum Gasteiger partial charge on any atom is 0.249 e. The van der Waals surface area contributed by atoms with Gasteiger partial charge in [0.05, 0.1) is 12.6 Å². The standard InChI is InChI=1S/C15H26N2O3/c1-12(2)19-11-15(18)17(9-8-16(4)5)10-14-7-6-13(3)20-14/h6-7,12H,8-11H2,1-5H3. The fourth-order valence-corrected chi connectivity index (χ4v) is 1.70. The lowest BCUT2D eigenvalue weighted by Gasteiger charge is -2.24. The third-order valence-corrected chi connectivity index (χ3v) is 2.85. The molecule has 0 unspecified atom stereocenters. The first-order chi connectivity index (χ1) is 9.38. The van der Waals surface area contributed by atoms with Crippen molar-refractivity contribution in [3.8, 4) is 0 Å². The maximum atomic E-state index is 12.2. The topological polar surface area (TPSA) is 45.9 Å². The van der Waals surface area contributed by atoms with Gasteiger partial charge in [0.1, 0.15) is 18.1 Å². The van der Waals surface area contributed by atoms with Crippen LogP contribution in [0.3, 0.4) is 0 Å². The molecule has 0 radical (unpaired) electrons.